The SMILES string of the molecule is Nc1nc(CSCc2ccon2)nc(Nc2ccc(F)cc2)n1. The molecule has 0 aliphatic carbocycles. The highest BCUT2D eigenvalue weighted by Gasteiger charge is 2.06. The maximum atomic E-state index is 12.9. The van der Waals surface area contributed by atoms with E-state index >= 15 is 0 Å². The molecule has 0 bridgehead atoms. The zero-order valence-electron chi connectivity index (χ0n) is 11.9. The number of hydrogen-bond acceptors (Lipinski definition) is 8. The van der Waals surface area contributed by atoms with Gasteiger partial charge in [0, 0.05) is 17.5 Å². The number of nitrogen functional groups attached to an aromatic ring is 1. The van der Waals surface area contributed by atoms with Crippen molar-refractivity contribution in [2.24, 2.45) is 0 Å². The summed E-state index contributed by atoms with van der Waals surface area (Å²) in [5.41, 5.74) is 7.22. The predicted octanol–water partition coefficient (Wildman–Crippen LogP) is 2.76. The van der Waals surface area contributed by atoms with Crippen molar-refractivity contribution in [3.05, 3.63) is 53.9 Å². The largest absolute Gasteiger partial charge is 0.368 e. The number of aromatic nitrogens is 4. The van der Waals surface area contributed by atoms with E-state index in [-0.39, 0.29) is 11.8 Å². The van der Waals surface area contributed by atoms with Crippen molar-refractivity contribution in [2.45, 2.75) is 11.5 Å². The van der Waals surface area contributed by atoms with E-state index in [0.717, 1.165) is 5.69 Å². The van der Waals surface area contributed by atoms with Gasteiger partial charge >= 0.3 is 0 Å². The molecule has 3 N–H and O–H groups in total. The van der Waals surface area contributed by atoms with E-state index in [0.29, 0.717) is 29.0 Å². The molecule has 7 nitrogen and oxygen atoms in total. The first kappa shape index (κ1) is 15.2. The van der Waals surface area contributed by atoms with Crippen LogP contribution in [0.5, 0.6) is 0 Å². The first-order valence-corrected chi connectivity index (χ1v) is 7.84. The van der Waals surface area contributed by atoms with E-state index < -0.39 is 0 Å². The fourth-order valence-electron chi connectivity index (χ4n) is 1.78. The average molecular weight is 332 g/mol. The van der Waals surface area contributed by atoms with Crippen LogP contribution >= 0.6 is 11.8 Å². The van der Waals surface area contributed by atoms with E-state index in [9.17, 15) is 4.39 Å². The Morgan fingerprint density at radius 2 is 1.91 bits per heavy atom. The van der Waals surface area contributed by atoms with E-state index in [1.54, 1.807) is 30.0 Å². The van der Waals surface area contributed by atoms with Crippen molar-refractivity contribution in [1.29, 1.82) is 0 Å². The van der Waals surface area contributed by atoms with Crippen LogP contribution in [0.25, 0.3) is 0 Å². The summed E-state index contributed by atoms with van der Waals surface area (Å²) in [4.78, 5) is 12.4. The van der Waals surface area contributed by atoms with Gasteiger partial charge in [0.2, 0.25) is 11.9 Å². The third-order valence-electron chi connectivity index (χ3n) is 2.77. The number of hydrogen-bond donors (Lipinski definition) is 2. The number of rotatable bonds is 6. The molecule has 1 aromatic carbocycles. The lowest BCUT2D eigenvalue weighted by molar-refractivity contribution is 0.414. The van der Waals surface area contributed by atoms with Gasteiger partial charge in [0.15, 0.2) is 0 Å². The molecule has 2 aromatic heterocycles. The number of anilines is 3. The summed E-state index contributed by atoms with van der Waals surface area (Å²) in [5.74, 6) is 1.93. The van der Waals surface area contributed by atoms with E-state index in [2.05, 4.69) is 25.4 Å². The second-order valence-corrected chi connectivity index (χ2v) is 5.53. The molecule has 0 radical (unpaired) electrons. The Kier molecular flexibility index (Phi) is 4.67. The third-order valence-corrected chi connectivity index (χ3v) is 3.73. The average Bonchev–Trinajstić information content (AvgIpc) is 3.02. The normalized spacial score (nSPS) is 10.7. The molecule has 118 valence electrons. The van der Waals surface area contributed by atoms with Gasteiger partial charge in [0.25, 0.3) is 0 Å². The van der Waals surface area contributed by atoms with Crippen molar-refractivity contribution >= 4 is 29.3 Å². The van der Waals surface area contributed by atoms with Crippen molar-refractivity contribution in [3.63, 3.8) is 0 Å². The minimum Gasteiger partial charge on any atom is -0.368 e. The van der Waals surface area contributed by atoms with Gasteiger partial charge in [-0.3, -0.25) is 0 Å². The second kappa shape index (κ2) is 7.05. The highest BCUT2D eigenvalue weighted by atomic mass is 32.2. The highest BCUT2D eigenvalue weighted by molar-refractivity contribution is 7.97. The van der Waals surface area contributed by atoms with E-state index in [1.807, 2.05) is 0 Å². The molecule has 0 unspecified atom stereocenters. The standard InChI is InChI=1S/C14H13FN6OS/c15-9-1-3-10(4-2-9)17-14-19-12(18-13(16)20-14)8-23-7-11-5-6-22-21-11/h1-6H,7-8H2,(H3,16,17,18,19,20). The van der Waals surface area contributed by atoms with Crippen LogP contribution in [-0.4, -0.2) is 20.1 Å². The maximum absolute atomic E-state index is 12.9. The van der Waals surface area contributed by atoms with Gasteiger partial charge in [0.1, 0.15) is 17.9 Å². The number of thioether (sulfide) groups is 1. The van der Waals surface area contributed by atoms with Gasteiger partial charge in [-0.2, -0.15) is 15.0 Å². The summed E-state index contributed by atoms with van der Waals surface area (Å²) in [6, 6.07) is 7.68. The Morgan fingerprint density at radius 3 is 2.65 bits per heavy atom. The first-order valence-electron chi connectivity index (χ1n) is 6.69. The summed E-state index contributed by atoms with van der Waals surface area (Å²) < 4.78 is 17.7. The third kappa shape index (κ3) is 4.39. The lowest BCUT2D eigenvalue weighted by atomic mass is 10.3. The molecular formula is C14H13FN6OS. The van der Waals surface area contributed by atoms with Crippen LogP contribution in [0.4, 0.5) is 22.0 Å². The predicted molar refractivity (Wildman–Crippen MR) is 85.4 cm³/mol. The topological polar surface area (TPSA) is 103 Å². The fraction of sp³-hybridized carbons (Fsp3) is 0.143. The van der Waals surface area contributed by atoms with Crippen molar-refractivity contribution in [2.75, 3.05) is 11.1 Å². The minimum atomic E-state index is -0.310. The van der Waals surface area contributed by atoms with Crippen LogP contribution < -0.4 is 11.1 Å². The van der Waals surface area contributed by atoms with E-state index in [4.69, 9.17) is 10.3 Å². The Labute approximate surface area is 135 Å². The highest BCUT2D eigenvalue weighted by Crippen LogP contribution is 2.18. The summed E-state index contributed by atoms with van der Waals surface area (Å²) in [6.45, 7) is 0. The van der Waals surface area contributed by atoms with Crippen LogP contribution in [0.2, 0.25) is 0 Å². The Bertz CT molecular complexity index is 765. The van der Waals surface area contributed by atoms with Crippen LogP contribution in [0.15, 0.2) is 41.1 Å². The molecule has 0 spiro atoms. The van der Waals surface area contributed by atoms with Gasteiger partial charge in [-0.1, -0.05) is 5.16 Å². The van der Waals surface area contributed by atoms with Crippen LogP contribution in [0.1, 0.15) is 11.5 Å². The molecule has 2 heterocycles. The van der Waals surface area contributed by atoms with Crippen molar-refractivity contribution in [1.82, 2.24) is 20.1 Å². The molecule has 9 heteroatoms. The summed E-state index contributed by atoms with van der Waals surface area (Å²) >= 11 is 1.58. The zero-order chi connectivity index (χ0) is 16.1. The van der Waals surface area contributed by atoms with Crippen LogP contribution in [-0.2, 0) is 11.5 Å². The monoisotopic (exact) mass is 332 g/mol. The van der Waals surface area contributed by atoms with Gasteiger partial charge in [-0.05, 0) is 24.3 Å². The number of nitrogens with one attached hydrogen (secondary N) is 1. The number of nitrogens with zero attached hydrogens (tertiary/aromatic N) is 4. The first-order chi connectivity index (χ1) is 11.2. The van der Waals surface area contributed by atoms with Gasteiger partial charge in [-0.25, -0.2) is 4.39 Å². The molecule has 0 aliphatic heterocycles. The van der Waals surface area contributed by atoms with Crippen molar-refractivity contribution in [3.8, 4) is 0 Å². The summed E-state index contributed by atoms with van der Waals surface area (Å²) in [6.07, 6.45) is 1.53. The molecule has 0 aliphatic rings. The molecule has 0 saturated heterocycles. The lowest BCUT2D eigenvalue weighted by Crippen LogP contribution is -2.06. The van der Waals surface area contributed by atoms with Gasteiger partial charge in [-0.15, -0.1) is 11.8 Å². The Hall–Kier alpha value is -2.68. The van der Waals surface area contributed by atoms with Gasteiger partial charge in [0.05, 0.1) is 11.4 Å². The molecule has 0 amide bonds. The maximum Gasteiger partial charge on any atom is 0.232 e. The molecule has 0 saturated carbocycles. The number of halogens is 1. The molecule has 0 atom stereocenters. The van der Waals surface area contributed by atoms with E-state index in [1.165, 1.54) is 18.4 Å². The summed E-state index contributed by atoms with van der Waals surface area (Å²) in [7, 11) is 0. The van der Waals surface area contributed by atoms with Crippen LogP contribution in [0, 0.1) is 5.82 Å². The number of nitrogens with two attached hydrogens (primary N) is 1. The zero-order valence-corrected chi connectivity index (χ0v) is 12.8. The number of benzene rings is 1. The molecular weight excluding hydrogens is 319 g/mol. The molecule has 3 aromatic rings. The minimum absolute atomic E-state index is 0.127. The quantitative estimate of drug-likeness (QED) is 0.710. The molecule has 0 fully saturated rings. The van der Waals surface area contributed by atoms with Gasteiger partial charge < -0.3 is 15.6 Å². The molecule has 23 heavy (non-hydrogen) atoms. The summed E-state index contributed by atoms with van der Waals surface area (Å²) in [5, 5.41) is 6.80. The Balaban J connectivity index is 1.64. The fourth-order valence-corrected chi connectivity index (χ4v) is 2.55. The lowest BCUT2D eigenvalue weighted by Gasteiger charge is -2.07. The van der Waals surface area contributed by atoms with Crippen LogP contribution in [0.3, 0.4) is 0 Å². The molecule has 3 rings (SSSR count). The second-order valence-electron chi connectivity index (χ2n) is 4.55. The van der Waals surface area contributed by atoms with Crippen molar-refractivity contribution < 1.29 is 8.91 Å². The Morgan fingerprint density at radius 1 is 1.09 bits per heavy atom. The smallest absolute Gasteiger partial charge is 0.232 e.